The van der Waals surface area contributed by atoms with E-state index in [1.807, 2.05) is 12.1 Å². The van der Waals surface area contributed by atoms with Crippen molar-refractivity contribution in [1.29, 1.82) is 0 Å². The summed E-state index contributed by atoms with van der Waals surface area (Å²) in [6, 6.07) is 12.0. The lowest BCUT2D eigenvalue weighted by Crippen LogP contribution is -2.03. The monoisotopic (exact) mass is 368 g/mol. The molecule has 130 valence electrons. The van der Waals surface area contributed by atoms with Gasteiger partial charge in [0.15, 0.2) is 0 Å². The molecule has 0 bridgehead atoms. The van der Waals surface area contributed by atoms with Crippen LogP contribution in [-0.4, -0.2) is 24.6 Å². The Labute approximate surface area is 145 Å². The summed E-state index contributed by atoms with van der Waals surface area (Å²) in [6.07, 6.45) is 0. The average Bonchev–Trinajstić information content (AvgIpc) is 2.53. The third-order valence-electron chi connectivity index (χ3n) is 3.24. The summed E-state index contributed by atoms with van der Waals surface area (Å²) in [5, 5.41) is 0. The van der Waals surface area contributed by atoms with Crippen molar-refractivity contribution < 1.29 is 27.0 Å². The SMILES string of the molecule is COc1ccc(COc2ccc(CS(=O)[O-])cc2CS(=O)[O-])cc1. The molecule has 0 saturated heterocycles. The summed E-state index contributed by atoms with van der Waals surface area (Å²) in [4.78, 5) is 0. The second kappa shape index (κ2) is 8.93. The Morgan fingerprint density at radius 1 is 0.917 bits per heavy atom. The Balaban J connectivity index is 2.14. The van der Waals surface area contributed by atoms with Crippen molar-refractivity contribution >= 4 is 22.2 Å². The van der Waals surface area contributed by atoms with Crippen LogP contribution in [0.5, 0.6) is 11.5 Å². The molecule has 6 nitrogen and oxygen atoms in total. The predicted octanol–water partition coefficient (Wildman–Crippen LogP) is 2.03. The molecular weight excluding hydrogens is 352 g/mol. The number of ether oxygens (including phenoxy) is 2. The normalized spacial score (nSPS) is 13.3. The fraction of sp³-hybridized carbons (Fsp3) is 0.250. The Morgan fingerprint density at radius 2 is 1.54 bits per heavy atom. The van der Waals surface area contributed by atoms with E-state index in [1.165, 1.54) is 6.07 Å². The van der Waals surface area contributed by atoms with Crippen LogP contribution < -0.4 is 9.47 Å². The first-order chi connectivity index (χ1) is 11.5. The highest BCUT2D eigenvalue weighted by Gasteiger charge is 2.07. The Morgan fingerprint density at radius 3 is 2.12 bits per heavy atom. The maximum absolute atomic E-state index is 11.0. The van der Waals surface area contributed by atoms with Gasteiger partial charge in [-0.15, -0.1) is 0 Å². The van der Waals surface area contributed by atoms with E-state index < -0.39 is 22.2 Å². The van der Waals surface area contributed by atoms with E-state index in [-0.39, 0.29) is 18.1 Å². The van der Waals surface area contributed by atoms with E-state index >= 15 is 0 Å². The van der Waals surface area contributed by atoms with Gasteiger partial charge in [-0.05, 0) is 29.3 Å². The van der Waals surface area contributed by atoms with Gasteiger partial charge in [-0.25, -0.2) is 0 Å². The molecule has 2 aromatic carbocycles. The van der Waals surface area contributed by atoms with E-state index in [1.54, 1.807) is 31.4 Å². The van der Waals surface area contributed by atoms with Gasteiger partial charge in [0.1, 0.15) is 18.1 Å². The molecule has 0 N–H and O–H groups in total. The molecule has 2 unspecified atom stereocenters. The van der Waals surface area contributed by atoms with Crippen molar-refractivity contribution in [2.24, 2.45) is 0 Å². The summed E-state index contributed by atoms with van der Waals surface area (Å²) in [5.74, 6) is 0.737. The number of hydrogen-bond donors (Lipinski definition) is 0. The van der Waals surface area contributed by atoms with Crippen LogP contribution in [0.3, 0.4) is 0 Å². The lowest BCUT2D eigenvalue weighted by molar-refractivity contribution is 0.303. The van der Waals surface area contributed by atoms with Crippen molar-refractivity contribution in [3.05, 3.63) is 59.2 Å². The third kappa shape index (κ3) is 5.72. The molecule has 2 atom stereocenters. The minimum atomic E-state index is -2.30. The summed E-state index contributed by atoms with van der Waals surface area (Å²) in [7, 11) is 1.58. The molecule has 8 heteroatoms. The van der Waals surface area contributed by atoms with Gasteiger partial charge in [-0.2, -0.15) is 0 Å². The average molecular weight is 368 g/mol. The zero-order valence-corrected chi connectivity index (χ0v) is 14.6. The zero-order chi connectivity index (χ0) is 17.5. The Kier molecular flexibility index (Phi) is 6.92. The minimum absolute atomic E-state index is 0.169. The first kappa shape index (κ1) is 18.6. The van der Waals surface area contributed by atoms with Crippen LogP contribution in [0.15, 0.2) is 42.5 Å². The van der Waals surface area contributed by atoms with E-state index in [4.69, 9.17) is 9.47 Å². The Hall–Kier alpha value is -1.74. The molecule has 0 heterocycles. The first-order valence-electron chi connectivity index (χ1n) is 6.97. The maximum Gasteiger partial charge on any atom is 0.123 e. The molecule has 0 aliphatic carbocycles. The maximum atomic E-state index is 11.0. The standard InChI is InChI=1S/C16H18O6S2/c1-21-15-5-2-12(3-6-15)9-22-16-7-4-13(10-23(17)18)8-14(16)11-24(19)20/h2-8H,9-11H2,1H3,(H,17,18)(H,19,20)/p-2. The molecular formula is C16H16O6S2-2. The van der Waals surface area contributed by atoms with Crippen LogP contribution in [0, 0.1) is 0 Å². The van der Waals surface area contributed by atoms with Crippen molar-refractivity contribution in [1.82, 2.24) is 0 Å². The minimum Gasteiger partial charge on any atom is -0.772 e. The summed E-state index contributed by atoms with van der Waals surface area (Å²) >= 11 is -4.54. The van der Waals surface area contributed by atoms with Crippen LogP contribution in [0.1, 0.15) is 16.7 Å². The van der Waals surface area contributed by atoms with Gasteiger partial charge in [0.2, 0.25) is 0 Å². The second-order valence-corrected chi connectivity index (χ2v) is 6.77. The van der Waals surface area contributed by atoms with Crippen LogP contribution in [0.4, 0.5) is 0 Å². The fourth-order valence-corrected chi connectivity index (χ4v) is 3.05. The van der Waals surface area contributed by atoms with Crippen LogP contribution in [-0.2, 0) is 40.3 Å². The van der Waals surface area contributed by atoms with Crippen molar-refractivity contribution in [2.45, 2.75) is 18.1 Å². The van der Waals surface area contributed by atoms with E-state index in [0.717, 1.165) is 11.3 Å². The van der Waals surface area contributed by atoms with Crippen molar-refractivity contribution in [3.8, 4) is 11.5 Å². The molecule has 2 rings (SSSR count). The molecule has 0 radical (unpaired) electrons. The molecule has 0 aliphatic rings. The quantitative estimate of drug-likeness (QED) is 0.661. The van der Waals surface area contributed by atoms with Gasteiger partial charge in [0, 0.05) is 17.1 Å². The lowest BCUT2D eigenvalue weighted by Gasteiger charge is -2.15. The molecule has 0 amide bonds. The van der Waals surface area contributed by atoms with Crippen LogP contribution >= 0.6 is 0 Å². The molecule has 0 aliphatic heterocycles. The molecule has 2 aromatic rings. The highest BCUT2D eigenvalue weighted by Crippen LogP contribution is 2.24. The summed E-state index contributed by atoms with van der Waals surface area (Å²) in [5.41, 5.74) is 1.84. The van der Waals surface area contributed by atoms with Gasteiger partial charge >= 0.3 is 0 Å². The molecule has 0 saturated carbocycles. The first-order valence-corrected chi connectivity index (χ1v) is 9.46. The van der Waals surface area contributed by atoms with Gasteiger partial charge in [0.05, 0.1) is 7.11 Å². The smallest absolute Gasteiger partial charge is 0.123 e. The number of rotatable bonds is 8. The largest absolute Gasteiger partial charge is 0.772 e. The summed E-state index contributed by atoms with van der Waals surface area (Å²) in [6.45, 7) is 0.259. The number of methoxy groups -OCH3 is 1. The fourth-order valence-electron chi connectivity index (χ4n) is 2.12. The van der Waals surface area contributed by atoms with E-state index in [2.05, 4.69) is 0 Å². The summed E-state index contributed by atoms with van der Waals surface area (Å²) < 4.78 is 54.4. The van der Waals surface area contributed by atoms with Gasteiger partial charge < -0.3 is 18.6 Å². The number of benzene rings is 2. The Bertz CT molecular complexity index is 730. The van der Waals surface area contributed by atoms with E-state index in [9.17, 15) is 17.5 Å². The lowest BCUT2D eigenvalue weighted by atomic mass is 10.1. The zero-order valence-electron chi connectivity index (χ0n) is 12.9. The highest BCUT2D eigenvalue weighted by atomic mass is 32.2. The number of hydrogen-bond acceptors (Lipinski definition) is 6. The predicted molar refractivity (Wildman–Crippen MR) is 89.0 cm³/mol. The van der Waals surface area contributed by atoms with E-state index in [0.29, 0.717) is 16.9 Å². The van der Waals surface area contributed by atoms with Crippen LogP contribution in [0.2, 0.25) is 0 Å². The van der Waals surface area contributed by atoms with Gasteiger partial charge in [0.25, 0.3) is 0 Å². The third-order valence-corrected chi connectivity index (χ3v) is 4.35. The van der Waals surface area contributed by atoms with Gasteiger partial charge in [-0.1, -0.05) is 46.4 Å². The molecule has 24 heavy (non-hydrogen) atoms. The topological polar surface area (TPSA) is 98.7 Å². The highest BCUT2D eigenvalue weighted by molar-refractivity contribution is 7.78. The molecule has 0 aromatic heterocycles. The van der Waals surface area contributed by atoms with Crippen molar-refractivity contribution in [3.63, 3.8) is 0 Å². The molecule has 0 fully saturated rings. The second-order valence-electron chi connectivity index (χ2n) is 4.97. The van der Waals surface area contributed by atoms with Crippen molar-refractivity contribution in [2.75, 3.05) is 7.11 Å². The van der Waals surface area contributed by atoms with Gasteiger partial charge in [-0.3, -0.25) is 8.42 Å². The molecule has 0 spiro atoms. The van der Waals surface area contributed by atoms with Crippen LogP contribution in [0.25, 0.3) is 0 Å².